The third-order valence-corrected chi connectivity index (χ3v) is 3.54. The molecule has 100 valence electrons. The number of nitrogens with one attached hydrogen (secondary N) is 1. The maximum absolute atomic E-state index is 5.38. The third kappa shape index (κ3) is 2.84. The summed E-state index contributed by atoms with van der Waals surface area (Å²) >= 11 is 0. The van der Waals surface area contributed by atoms with Crippen molar-refractivity contribution < 1.29 is 4.52 Å². The molecule has 1 aromatic heterocycles. The van der Waals surface area contributed by atoms with Crippen molar-refractivity contribution in [1.82, 2.24) is 15.5 Å². The van der Waals surface area contributed by atoms with Crippen molar-refractivity contribution in [3.63, 3.8) is 0 Å². The Morgan fingerprint density at radius 3 is 2.74 bits per heavy atom. The standard InChI is InChI=1S/C15H19N3O/c1-10-5-11(2)7-12(6-10)8-14-17-15(19-18-14)13-3-4-16-9-13/h5-7,13,16H,3-4,8-9H2,1-2H3. The molecule has 4 nitrogen and oxygen atoms in total. The van der Waals surface area contributed by atoms with Crippen molar-refractivity contribution in [3.05, 3.63) is 46.6 Å². The predicted molar refractivity (Wildman–Crippen MR) is 73.2 cm³/mol. The highest BCUT2D eigenvalue weighted by Crippen LogP contribution is 2.21. The average molecular weight is 257 g/mol. The van der Waals surface area contributed by atoms with Crippen LogP contribution in [-0.2, 0) is 6.42 Å². The van der Waals surface area contributed by atoms with Gasteiger partial charge < -0.3 is 9.84 Å². The number of hydrogen-bond acceptors (Lipinski definition) is 4. The minimum absolute atomic E-state index is 0.389. The fraction of sp³-hybridized carbons (Fsp3) is 0.467. The lowest BCUT2D eigenvalue weighted by Gasteiger charge is -2.02. The third-order valence-electron chi connectivity index (χ3n) is 3.54. The van der Waals surface area contributed by atoms with Crippen LogP contribution in [0.15, 0.2) is 22.7 Å². The van der Waals surface area contributed by atoms with Gasteiger partial charge in [0.15, 0.2) is 5.82 Å². The second-order valence-electron chi connectivity index (χ2n) is 5.41. The van der Waals surface area contributed by atoms with Crippen LogP contribution in [0.4, 0.5) is 0 Å². The van der Waals surface area contributed by atoms with Crippen LogP contribution in [0.25, 0.3) is 0 Å². The summed E-state index contributed by atoms with van der Waals surface area (Å²) < 4.78 is 5.38. The zero-order valence-electron chi connectivity index (χ0n) is 11.4. The van der Waals surface area contributed by atoms with Crippen molar-refractivity contribution in [2.45, 2.75) is 32.6 Å². The molecule has 0 aliphatic carbocycles. The van der Waals surface area contributed by atoms with E-state index in [0.29, 0.717) is 5.92 Å². The molecule has 1 aliphatic rings. The van der Waals surface area contributed by atoms with Crippen LogP contribution in [0.5, 0.6) is 0 Å². The highest BCUT2D eigenvalue weighted by molar-refractivity contribution is 5.30. The van der Waals surface area contributed by atoms with Gasteiger partial charge in [0.2, 0.25) is 5.89 Å². The van der Waals surface area contributed by atoms with Gasteiger partial charge in [-0.15, -0.1) is 0 Å². The van der Waals surface area contributed by atoms with E-state index in [-0.39, 0.29) is 0 Å². The lowest BCUT2D eigenvalue weighted by molar-refractivity contribution is 0.355. The first-order chi connectivity index (χ1) is 9.20. The van der Waals surface area contributed by atoms with E-state index in [9.17, 15) is 0 Å². The molecule has 0 radical (unpaired) electrons. The zero-order chi connectivity index (χ0) is 13.2. The van der Waals surface area contributed by atoms with Gasteiger partial charge in [0.1, 0.15) is 0 Å². The van der Waals surface area contributed by atoms with E-state index in [1.54, 1.807) is 0 Å². The van der Waals surface area contributed by atoms with Crippen molar-refractivity contribution in [3.8, 4) is 0 Å². The fourth-order valence-corrected chi connectivity index (χ4v) is 2.72. The van der Waals surface area contributed by atoms with Crippen molar-refractivity contribution in [2.75, 3.05) is 13.1 Å². The molecule has 1 unspecified atom stereocenters. The number of nitrogens with zero attached hydrogens (tertiary/aromatic N) is 2. The summed E-state index contributed by atoms with van der Waals surface area (Å²) in [5.41, 5.74) is 3.80. The number of aryl methyl sites for hydroxylation is 2. The molecule has 3 rings (SSSR count). The highest BCUT2D eigenvalue weighted by atomic mass is 16.5. The summed E-state index contributed by atoms with van der Waals surface area (Å²) in [7, 11) is 0. The lowest BCUT2D eigenvalue weighted by Crippen LogP contribution is -2.08. The smallest absolute Gasteiger partial charge is 0.231 e. The Labute approximate surface area is 113 Å². The molecular weight excluding hydrogens is 238 g/mol. The first-order valence-corrected chi connectivity index (χ1v) is 6.81. The van der Waals surface area contributed by atoms with Crippen LogP contribution in [-0.4, -0.2) is 23.2 Å². The van der Waals surface area contributed by atoms with Gasteiger partial charge >= 0.3 is 0 Å². The number of rotatable bonds is 3. The van der Waals surface area contributed by atoms with Gasteiger partial charge in [-0.25, -0.2) is 0 Å². The summed E-state index contributed by atoms with van der Waals surface area (Å²) in [6, 6.07) is 6.54. The van der Waals surface area contributed by atoms with Gasteiger partial charge in [0.25, 0.3) is 0 Å². The van der Waals surface area contributed by atoms with Crippen molar-refractivity contribution >= 4 is 0 Å². The number of benzene rings is 1. The average Bonchev–Trinajstić information content (AvgIpc) is 2.96. The molecule has 2 aromatic rings. The Hall–Kier alpha value is -1.68. The monoisotopic (exact) mass is 257 g/mol. The topological polar surface area (TPSA) is 51.0 Å². The van der Waals surface area contributed by atoms with Gasteiger partial charge in [-0.3, -0.25) is 0 Å². The van der Waals surface area contributed by atoms with Crippen LogP contribution < -0.4 is 5.32 Å². The molecule has 1 aliphatic heterocycles. The molecule has 0 saturated carbocycles. The molecule has 1 aromatic carbocycles. The second-order valence-corrected chi connectivity index (χ2v) is 5.41. The van der Waals surface area contributed by atoms with E-state index in [4.69, 9.17) is 4.52 Å². The summed E-state index contributed by atoms with van der Waals surface area (Å²) in [5.74, 6) is 1.96. The molecule has 0 amide bonds. The molecule has 1 saturated heterocycles. The molecular formula is C15H19N3O. The van der Waals surface area contributed by atoms with E-state index in [2.05, 4.69) is 47.5 Å². The summed E-state index contributed by atoms with van der Waals surface area (Å²) in [6.07, 6.45) is 1.83. The van der Waals surface area contributed by atoms with Gasteiger partial charge in [0, 0.05) is 13.0 Å². The Kier molecular flexibility index (Phi) is 3.34. The highest BCUT2D eigenvalue weighted by Gasteiger charge is 2.22. The predicted octanol–water partition coefficient (Wildman–Crippen LogP) is 2.35. The second kappa shape index (κ2) is 5.13. The number of aromatic nitrogens is 2. The first-order valence-electron chi connectivity index (χ1n) is 6.81. The van der Waals surface area contributed by atoms with Crippen LogP contribution in [0.1, 0.15) is 40.7 Å². The quantitative estimate of drug-likeness (QED) is 0.917. The fourth-order valence-electron chi connectivity index (χ4n) is 2.72. The molecule has 1 fully saturated rings. The Balaban J connectivity index is 1.76. The van der Waals surface area contributed by atoms with Crippen molar-refractivity contribution in [2.24, 2.45) is 0 Å². The summed E-state index contributed by atoms with van der Waals surface area (Å²) in [4.78, 5) is 4.53. The molecule has 2 heterocycles. The maximum atomic E-state index is 5.38. The Morgan fingerprint density at radius 2 is 2.05 bits per heavy atom. The minimum atomic E-state index is 0.389. The maximum Gasteiger partial charge on any atom is 0.231 e. The largest absolute Gasteiger partial charge is 0.339 e. The Bertz CT molecular complexity index is 550. The SMILES string of the molecule is Cc1cc(C)cc(Cc2noc(C3CCNC3)n2)c1. The normalized spacial score (nSPS) is 18.9. The van der Waals surface area contributed by atoms with E-state index in [1.807, 2.05) is 0 Å². The van der Waals surface area contributed by atoms with Gasteiger partial charge in [0.05, 0.1) is 5.92 Å². The summed E-state index contributed by atoms with van der Waals surface area (Å²) in [5, 5.41) is 7.42. The number of hydrogen-bond donors (Lipinski definition) is 1. The van der Waals surface area contributed by atoms with Crippen LogP contribution in [0.3, 0.4) is 0 Å². The molecule has 0 bridgehead atoms. The first kappa shape index (κ1) is 12.4. The van der Waals surface area contributed by atoms with Crippen LogP contribution in [0, 0.1) is 13.8 Å². The molecule has 1 N–H and O–H groups in total. The zero-order valence-corrected chi connectivity index (χ0v) is 11.4. The van der Waals surface area contributed by atoms with E-state index in [1.165, 1.54) is 16.7 Å². The summed E-state index contributed by atoms with van der Waals surface area (Å²) in [6.45, 7) is 6.22. The van der Waals surface area contributed by atoms with E-state index in [0.717, 1.165) is 37.6 Å². The molecule has 4 heteroatoms. The molecule has 1 atom stereocenters. The van der Waals surface area contributed by atoms with Gasteiger partial charge in [-0.2, -0.15) is 4.98 Å². The van der Waals surface area contributed by atoms with E-state index < -0.39 is 0 Å². The Morgan fingerprint density at radius 1 is 1.26 bits per heavy atom. The van der Waals surface area contributed by atoms with Crippen LogP contribution in [0.2, 0.25) is 0 Å². The molecule has 19 heavy (non-hydrogen) atoms. The molecule has 0 spiro atoms. The van der Waals surface area contributed by atoms with Gasteiger partial charge in [-0.1, -0.05) is 34.5 Å². The van der Waals surface area contributed by atoms with Gasteiger partial charge in [-0.05, 0) is 32.4 Å². The van der Waals surface area contributed by atoms with E-state index >= 15 is 0 Å². The van der Waals surface area contributed by atoms with Crippen LogP contribution >= 0.6 is 0 Å². The minimum Gasteiger partial charge on any atom is -0.339 e. The van der Waals surface area contributed by atoms with Crippen molar-refractivity contribution in [1.29, 1.82) is 0 Å². The lowest BCUT2D eigenvalue weighted by atomic mass is 10.0.